The van der Waals surface area contributed by atoms with Crippen molar-refractivity contribution >= 4 is 35.8 Å². The zero-order valence-electron chi connectivity index (χ0n) is 49.4. The van der Waals surface area contributed by atoms with Gasteiger partial charge in [-0.1, -0.05) is 259 Å². The summed E-state index contributed by atoms with van der Waals surface area (Å²) in [6.45, 7) is 14.0. The molecule has 0 aliphatic rings. The van der Waals surface area contributed by atoms with Crippen molar-refractivity contribution < 1.29 is 59.4 Å². The minimum Gasteiger partial charge on any atom is -0.481 e. The van der Waals surface area contributed by atoms with Gasteiger partial charge >= 0.3 is 29.8 Å². The van der Waals surface area contributed by atoms with Gasteiger partial charge in [-0.05, 0) is 64.2 Å². The molecule has 0 heterocycles. The Balaban J connectivity index is -0.000000197. The second kappa shape index (κ2) is 76.1. The fourth-order valence-electron chi connectivity index (χ4n) is 7.71. The van der Waals surface area contributed by atoms with Crippen molar-refractivity contribution in [2.45, 2.75) is 344 Å². The van der Waals surface area contributed by atoms with Crippen molar-refractivity contribution in [3.05, 3.63) is 12.2 Å². The van der Waals surface area contributed by atoms with Crippen LogP contribution in [-0.2, 0) is 28.8 Å². The molecule has 442 valence electrons. The molecule has 0 fully saturated rings. The number of carboxylic acids is 6. The number of unbranched alkanes of at least 4 members (excludes halogenated alkanes) is 34. The fourth-order valence-corrected chi connectivity index (χ4v) is 7.71. The highest BCUT2D eigenvalue weighted by Gasteiger charge is 2.13. The molecule has 0 bridgehead atoms. The molecule has 1 atom stereocenters. The smallest absolute Gasteiger partial charge is 0.306 e. The quantitative estimate of drug-likeness (QED) is 0.0247. The van der Waals surface area contributed by atoms with Crippen LogP contribution in [0.3, 0.4) is 0 Å². The van der Waals surface area contributed by atoms with E-state index in [1.165, 1.54) is 193 Å². The Morgan fingerprint density at radius 2 is 0.486 bits per heavy atom. The Morgan fingerprint density at radius 1 is 0.297 bits per heavy atom. The van der Waals surface area contributed by atoms with E-state index in [4.69, 9.17) is 35.4 Å². The van der Waals surface area contributed by atoms with Crippen molar-refractivity contribution in [1.29, 1.82) is 0 Å². The van der Waals surface area contributed by atoms with Crippen molar-refractivity contribution in [2.24, 2.45) is 5.92 Å². The van der Waals surface area contributed by atoms with Gasteiger partial charge in [0.05, 0.1) is 5.92 Å². The molecule has 0 aliphatic carbocycles. The van der Waals surface area contributed by atoms with E-state index in [0.29, 0.717) is 25.7 Å². The molecule has 6 N–H and O–H groups in total. The SMILES string of the molecule is CC(=O)O.CCCCC(CC)C(=O)O.CCCCCCCC(=O)O.CCCCCCCC/C=C\CCCCCCCC(=O)O.CCCCCCCCCC(=O)O.CCCCCCCCCCCCCCCC(=O)O. The summed E-state index contributed by atoms with van der Waals surface area (Å²) >= 11 is 0. The number of rotatable bonds is 48. The molecule has 0 amide bonds. The van der Waals surface area contributed by atoms with Gasteiger partial charge in [0.2, 0.25) is 0 Å². The summed E-state index contributed by atoms with van der Waals surface area (Å²) in [4.78, 5) is 60.2. The summed E-state index contributed by atoms with van der Waals surface area (Å²) < 4.78 is 0. The molecular weight excluding hydrogens is 937 g/mol. The van der Waals surface area contributed by atoms with Gasteiger partial charge in [0.25, 0.3) is 5.97 Å². The first-order valence-corrected chi connectivity index (χ1v) is 30.5. The van der Waals surface area contributed by atoms with Crippen molar-refractivity contribution in [3.63, 3.8) is 0 Å². The summed E-state index contributed by atoms with van der Waals surface area (Å²) in [7, 11) is 0. The largest absolute Gasteiger partial charge is 0.481 e. The molecule has 0 radical (unpaired) electrons. The number of hydrogen-bond acceptors (Lipinski definition) is 6. The lowest BCUT2D eigenvalue weighted by atomic mass is 10.00. The molecule has 0 saturated heterocycles. The average Bonchev–Trinajstić information content (AvgIpc) is 3.34. The molecule has 0 saturated carbocycles. The Bertz CT molecular complexity index is 1180. The average molecular weight is 1060 g/mol. The van der Waals surface area contributed by atoms with E-state index >= 15 is 0 Å². The van der Waals surface area contributed by atoms with Crippen molar-refractivity contribution in [3.8, 4) is 0 Å². The maximum atomic E-state index is 10.4. The van der Waals surface area contributed by atoms with Gasteiger partial charge in [-0.25, -0.2) is 0 Å². The van der Waals surface area contributed by atoms with E-state index in [1.807, 2.05) is 6.92 Å². The van der Waals surface area contributed by atoms with E-state index in [1.54, 1.807) is 0 Å². The third-order valence-corrected chi connectivity index (χ3v) is 12.4. The normalized spacial score (nSPS) is 10.7. The lowest BCUT2D eigenvalue weighted by molar-refractivity contribution is -0.142. The molecule has 0 aliphatic heterocycles. The minimum atomic E-state index is -0.833. The molecule has 1 unspecified atom stereocenters. The highest BCUT2D eigenvalue weighted by Crippen LogP contribution is 2.15. The van der Waals surface area contributed by atoms with E-state index < -0.39 is 35.8 Å². The predicted octanol–water partition coefficient (Wildman–Crippen LogP) is 19.7. The van der Waals surface area contributed by atoms with Crippen molar-refractivity contribution in [1.82, 2.24) is 0 Å². The van der Waals surface area contributed by atoms with E-state index in [-0.39, 0.29) is 5.92 Å². The zero-order valence-corrected chi connectivity index (χ0v) is 49.4. The van der Waals surface area contributed by atoms with Crippen LogP contribution >= 0.6 is 0 Å². The maximum Gasteiger partial charge on any atom is 0.306 e. The first kappa shape index (κ1) is 81.9. The Labute approximate surface area is 455 Å². The van der Waals surface area contributed by atoms with Crippen LogP contribution in [0.25, 0.3) is 0 Å². The molecule has 12 heteroatoms. The monoisotopic (exact) mass is 1060 g/mol. The topological polar surface area (TPSA) is 224 Å². The van der Waals surface area contributed by atoms with Gasteiger partial charge in [0, 0.05) is 32.6 Å². The molecule has 0 spiro atoms. The van der Waals surface area contributed by atoms with Crippen LogP contribution in [0.15, 0.2) is 12.2 Å². The molecule has 12 nitrogen and oxygen atoms in total. The van der Waals surface area contributed by atoms with Crippen molar-refractivity contribution in [2.75, 3.05) is 0 Å². The molecule has 0 aromatic heterocycles. The number of hydrogen-bond donors (Lipinski definition) is 6. The molecule has 74 heavy (non-hydrogen) atoms. The van der Waals surface area contributed by atoms with E-state index in [0.717, 1.165) is 84.0 Å². The van der Waals surface area contributed by atoms with Gasteiger partial charge in [-0.15, -0.1) is 0 Å². The highest BCUT2D eigenvalue weighted by atomic mass is 16.4. The fraction of sp³-hybridized carbons (Fsp3) is 0.871. The lowest BCUT2D eigenvalue weighted by Gasteiger charge is -2.06. The van der Waals surface area contributed by atoms with Gasteiger partial charge in [-0.2, -0.15) is 0 Å². The van der Waals surface area contributed by atoms with E-state index in [2.05, 4.69) is 46.8 Å². The van der Waals surface area contributed by atoms with Gasteiger partial charge in [0.15, 0.2) is 0 Å². The second-order valence-electron chi connectivity index (χ2n) is 20.0. The summed E-state index contributed by atoms with van der Waals surface area (Å²) in [5, 5.41) is 49.6. The second-order valence-corrected chi connectivity index (χ2v) is 20.0. The lowest BCUT2D eigenvalue weighted by Crippen LogP contribution is -2.11. The van der Waals surface area contributed by atoms with Gasteiger partial charge in [0.1, 0.15) is 0 Å². The summed E-state index contributed by atoms with van der Waals surface area (Å²) in [5.74, 6) is -4.24. The minimum absolute atomic E-state index is 0.111. The number of allylic oxidation sites excluding steroid dienone is 2. The van der Waals surface area contributed by atoms with Crippen LogP contribution in [0.1, 0.15) is 344 Å². The predicted molar refractivity (Wildman–Crippen MR) is 311 cm³/mol. The first-order valence-electron chi connectivity index (χ1n) is 30.5. The maximum absolute atomic E-state index is 10.4. The summed E-state index contributed by atoms with van der Waals surface area (Å²) in [6, 6.07) is 0. The Kier molecular flexibility index (Phi) is 84.2. The third kappa shape index (κ3) is 105. The van der Waals surface area contributed by atoms with Crippen LogP contribution in [0.2, 0.25) is 0 Å². The first-order chi connectivity index (χ1) is 35.5. The Hall–Kier alpha value is -3.44. The summed E-state index contributed by atoms with van der Waals surface area (Å²) in [6.07, 6.45) is 56.8. The number of aliphatic carboxylic acids is 6. The third-order valence-electron chi connectivity index (χ3n) is 12.4. The Morgan fingerprint density at radius 3 is 0.662 bits per heavy atom. The molecule has 0 rings (SSSR count). The van der Waals surface area contributed by atoms with Crippen LogP contribution in [0.5, 0.6) is 0 Å². The van der Waals surface area contributed by atoms with Gasteiger partial charge in [-0.3, -0.25) is 28.8 Å². The van der Waals surface area contributed by atoms with Crippen LogP contribution in [-0.4, -0.2) is 66.5 Å². The standard InChI is InChI=1S/C18H34O2.C16H32O2.C10H20O2.2C8H16O2.C2H4O2/c1-2-3-4-5-6-7-8-9-10-11-12-13-14-15-16-17-18(19)20;1-2-3-4-5-6-7-8-9-10-11-12-13-14-15-16(17)18;1-2-3-4-5-6-7-8-9-10(11)12;1-3-5-6-7(4-2)8(9)10;1-2-3-4-5-6-7-8(9)10;1-2(3)4/h9-10H,2-8,11-17H2,1H3,(H,19,20);2-15H2,1H3,(H,17,18);2-9H2,1H3,(H,11,12);7H,3-6H2,1-2H3,(H,9,10);2-7H2,1H3,(H,9,10);1H3,(H,3,4)/b10-9-;;;;;. The van der Waals surface area contributed by atoms with Crippen LogP contribution < -0.4 is 0 Å². The van der Waals surface area contributed by atoms with Crippen LogP contribution in [0.4, 0.5) is 0 Å². The molecule has 0 aromatic carbocycles. The van der Waals surface area contributed by atoms with Crippen LogP contribution in [0, 0.1) is 5.92 Å². The highest BCUT2D eigenvalue weighted by molar-refractivity contribution is 5.69. The van der Waals surface area contributed by atoms with Gasteiger partial charge < -0.3 is 30.6 Å². The molecular formula is C62H122O12. The number of carboxylic acid groups (broad SMARTS) is 6. The number of carbonyl (C=O) groups is 6. The van der Waals surface area contributed by atoms with E-state index in [9.17, 15) is 24.0 Å². The zero-order chi connectivity index (χ0) is 57.0. The summed E-state index contributed by atoms with van der Waals surface area (Å²) in [5.41, 5.74) is 0. The molecule has 0 aromatic rings.